The number of H-pyrrole nitrogens is 1. The second-order valence-electron chi connectivity index (χ2n) is 6.09. The maximum Gasteiger partial charge on any atom is 0.361 e. The molecule has 27 heavy (non-hydrogen) atoms. The van der Waals surface area contributed by atoms with Crippen molar-refractivity contribution >= 4 is 18.4 Å². The van der Waals surface area contributed by atoms with Crippen LogP contribution >= 0.6 is 12.4 Å². The first-order valence-corrected chi connectivity index (χ1v) is 7.74. The lowest BCUT2D eigenvalue weighted by Crippen LogP contribution is -2.43. The van der Waals surface area contributed by atoms with E-state index in [4.69, 9.17) is 20.0 Å². The fourth-order valence-electron chi connectivity index (χ4n) is 2.09. The fraction of sp³-hybridized carbons (Fsp3) is 0.643. The maximum absolute atomic E-state index is 13.2. The molecule has 1 aromatic heterocycles. The second-order valence-corrected chi connectivity index (χ2v) is 6.09. The number of aromatic nitrogens is 2. The van der Waals surface area contributed by atoms with E-state index in [-0.39, 0.29) is 18.3 Å². The van der Waals surface area contributed by atoms with E-state index in [0.29, 0.717) is 10.9 Å². The van der Waals surface area contributed by atoms with Gasteiger partial charge >= 0.3 is 11.7 Å². The Balaban J connectivity index is 0.00000364. The van der Waals surface area contributed by atoms with Crippen molar-refractivity contribution in [1.29, 1.82) is 0 Å². The van der Waals surface area contributed by atoms with Crippen LogP contribution in [0.1, 0.15) is 13.8 Å². The number of nitrogens with two attached hydrogens (primary N) is 1. The monoisotopic (exact) mass is 413 g/mol. The normalized spacial score (nSPS) is 25.7. The van der Waals surface area contributed by atoms with Gasteiger partial charge in [-0.2, -0.15) is 4.39 Å². The van der Waals surface area contributed by atoms with Gasteiger partial charge in [0.25, 0.3) is 11.8 Å². The Bertz CT molecular complexity index is 769. The molecule has 0 spiro atoms. The maximum atomic E-state index is 13.2. The van der Waals surface area contributed by atoms with Gasteiger partial charge in [0.15, 0.2) is 0 Å². The van der Waals surface area contributed by atoms with Gasteiger partial charge in [0.05, 0.1) is 6.20 Å². The first-order chi connectivity index (χ1) is 12.1. The van der Waals surface area contributed by atoms with Crippen LogP contribution in [0.3, 0.4) is 0 Å². The summed E-state index contributed by atoms with van der Waals surface area (Å²) in [6.45, 7) is 3.02. The molecule has 1 saturated heterocycles. The minimum atomic E-state index is -1.63. The third kappa shape index (κ3) is 5.26. The van der Waals surface area contributed by atoms with Crippen molar-refractivity contribution in [3.63, 3.8) is 0 Å². The van der Waals surface area contributed by atoms with E-state index in [0.717, 1.165) is 0 Å². The fourth-order valence-corrected chi connectivity index (χ4v) is 2.09. The van der Waals surface area contributed by atoms with Crippen molar-refractivity contribution in [1.82, 2.24) is 9.71 Å². The first kappa shape index (κ1) is 23.0. The number of esters is 1. The molecule has 1 fully saturated rings. The average molecular weight is 414 g/mol. The van der Waals surface area contributed by atoms with E-state index in [2.05, 4.69) is 0 Å². The molecule has 0 unspecified atom stereocenters. The van der Waals surface area contributed by atoms with E-state index in [1.807, 2.05) is 0 Å². The first-order valence-electron chi connectivity index (χ1n) is 7.74. The minimum absolute atomic E-state index is 0. The van der Waals surface area contributed by atoms with Crippen LogP contribution in [-0.2, 0) is 14.3 Å². The van der Waals surface area contributed by atoms with Gasteiger partial charge < -0.3 is 30.3 Å². The highest BCUT2D eigenvalue weighted by molar-refractivity contribution is 5.85. The molecule has 0 aromatic carbocycles. The summed E-state index contributed by atoms with van der Waals surface area (Å²) in [6.07, 6.45) is -5.42. The largest absolute Gasteiger partial charge is 0.462 e. The highest BCUT2D eigenvalue weighted by Crippen LogP contribution is 2.21. The quantitative estimate of drug-likeness (QED) is 0.368. The molecule has 1 aliphatic heterocycles. The molecule has 0 saturated carbocycles. The smallest absolute Gasteiger partial charge is 0.361 e. The van der Waals surface area contributed by atoms with Gasteiger partial charge in [0.1, 0.15) is 31.0 Å². The molecular weight excluding hydrogens is 393 g/mol. The summed E-state index contributed by atoms with van der Waals surface area (Å²) in [5.74, 6) is -2.18. The van der Waals surface area contributed by atoms with E-state index in [9.17, 15) is 29.0 Å². The highest BCUT2D eigenvalue weighted by Gasteiger charge is 2.45. The van der Waals surface area contributed by atoms with Crippen molar-refractivity contribution in [3.8, 4) is 0 Å². The average Bonchev–Trinajstić information content (AvgIpc) is 2.84. The van der Waals surface area contributed by atoms with Crippen molar-refractivity contribution in [2.75, 3.05) is 6.61 Å². The predicted octanol–water partition coefficient (Wildman–Crippen LogP) is -2.50. The Hall–Kier alpha value is -1.99. The summed E-state index contributed by atoms with van der Waals surface area (Å²) in [5, 5.41) is 19.9. The van der Waals surface area contributed by atoms with Crippen LogP contribution in [0, 0.1) is 11.7 Å². The molecule has 154 valence electrons. The van der Waals surface area contributed by atoms with Gasteiger partial charge in [-0.25, -0.2) is 4.79 Å². The van der Waals surface area contributed by atoms with Crippen LogP contribution in [-0.4, -0.2) is 63.1 Å². The van der Waals surface area contributed by atoms with E-state index in [1.54, 1.807) is 18.8 Å². The number of ether oxygens (including phenoxy) is 2. The van der Waals surface area contributed by atoms with Crippen molar-refractivity contribution in [3.05, 3.63) is 32.9 Å². The SMILES string of the molecule is CC(C)[C@H](N)C(=O)OC[C@H]1O[C@@H](On2cc(F)c(=O)[nH]c2=O)[C@H](O)[C@@H]1O.Cl. The number of hydrogen-bond donors (Lipinski definition) is 4. The number of aliphatic hydroxyl groups excluding tert-OH is 2. The summed E-state index contributed by atoms with van der Waals surface area (Å²) in [5.41, 5.74) is 3.27. The van der Waals surface area contributed by atoms with E-state index in [1.165, 1.54) is 0 Å². The number of carbonyl (C=O) groups excluding carboxylic acids is 1. The molecule has 5 atom stereocenters. The molecule has 1 aliphatic rings. The summed E-state index contributed by atoms with van der Waals surface area (Å²) < 4.78 is 23.7. The van der Waals surface area contributed by atoms with Gasteiger partial charge in [0, 0.05) is 0 Å². The molecule has 1 aromatic rings. The zero-order valence-electron chi connectivity index (χ0n) is 14.4. The van der Waals surface area contributed by atoms with Crippen molar-refractivity contribution in [2.45, 2.75) is 44.5 Å². The number of aliphatic hydroxyl groups is 2. The summed E-state index contributed by atoms with van der Waals surface area (Å²) >= 11 is 0. The van der Waals surface area contributed by atoms with Gasteiger partial charge in [0.2, 0.25) is 5.82 Å². The molecule has 5 N–H and O–H groups in total. The van der Waals surface area contributed by atoms with Crippen LogP contribution < -0.4 is 21.8 Å². The molecule has 13 heteroatoms. The number of carbonyl (C=O) groups is 1. The van der Waals surface area contributed by atoms with Gasteiger partial charge in [-0.15, -0.1) is 17.1 Å². The lowest BCUT2D eigenvalue weighted by molar-refractivity contribution is -0.180. The predicted molar refractivity (Wildman–Crippen MR) is 89.6 cm³/mol. The molecular formula is C14H21ClFN3O8. The highest BCUT2D eigenvalue weighted by atomic mass is 35.5. The summed E-state index contributed by atoms with van der Waals surface area (Å²) in [4.78, 5) is 40.8. The number of nitrogens with zero attached hydrogens (tertiary/aromatic N) is 1. The second kappa shape index (κ2) is 9.28. The Morgan fingerprint density at radius 1 is 1.41 bits per heavy atom. The van der Waals surface area contributed by atoms with Gasteiger partial charge in [-0.1, -0.05) is 13.8 Å². The molecule has 0 bridgehead atoms. The van der Waals surface area contributed by atoms with Crippen LogP contribution in [0.15, 0.2) is 15.8 Å². The number of hydrogen-bond acceptors (Lipinski definition) is 9. The number of halogens is 2. The van der Waals surface area contributed by atoms with Crippen molar-refractivity contribution < 1.29 is 33.7 Å². The van der Waals surface area contributed by atoms with Crippen LogP contribution in [0.2, 0.25) is 0 Å². The standard InChI is InChI=1S/C14H20FN3O8.ClH/c1-5(2)8(16)12(22)24-4-7-9(19)10(20)13(25-7)26-18-3-6(15)11(21)17-14(18)23;/h3,5,7-10,13,19-20H,4,16H2,1-2H3,(H,17,21,23);1H/t7-,8+,9-,10-,13+;/m1./s1. The topological polar surface area (TPSA) is 166 Å². The molecule has 0 aliphatic carbocycles. The number of nitrogens with one attached hydrogen (secondary N) is 1. The zero-order valence-corrected chi connectivity index (χ0v) is 15.2. The summed E-state index contributed by atoms with van der Waals surface area (Å²) in [6, 6.07) is -0.867. The molecule has 11 nitrogen and oxygen atoms in total. The Kier molecular flexibility index (Phi) is 7.92. The Labute approximate surface area is 158 Å². The van der Waals surface area contributed by atoms with Crippen LogP contribution in [0.5, 0.6) is 0 Å². The Morgan fingerprint density at radius 2 is 2.04 bits per heavy atom. The lowest BCUT2D eigenvalue weighted by Gasteiger charge is -2.18. The van der Waals surface area contributed by atoms with Crippen LogP contribution in [0.25, 0.3) is 0 Å². The summed E-state index contributed by atoms with van der Waals surface area (Å²) in [7, 11) is 0. The van der Waals surface area contributed by atoms with E-state index >= 15 is 0 Å². The Morgan fingerprint density at radius 3 is 2.63 bits per heavy atom. The van der Waals surface area contributed by atoms with E-state index < -0.39 is 60.3 Å². The number of rotatable bonds is 6. The zero-order chi connectivity index (χ0) is 19.6. The molecule has 0 amide bonds. The lowest BCUT2D eigenvalue weighted by atomic mass is 10.1. The number of aromatic amines is 1. The minimum Gasteiger partial charge on any atom is -0.462 e. The third-order valence-electron chi connectivity index (χ3n) is 3.78. The van der Waals surface area contributed by atoms with Crippen LogP contribution in [0.4, 0.5) is 4.39 Å². The third-order valence-corrected chi connectivity index (χ3v) is 3.78. The van der Waals surface area contributed by atoms with Gasteiger partial charge in [-0.05, 0) is 5.92 Å². The molecule has 2 heterocycles. The van der Waals surface area contributed by atoms with Crippen molar-refractivity contribution in [2.24, 2.45) is 11.7 Å². The van der Waals surface area contributed by atoms with Gasteiger partial charge in [-0.3, -0.25) is 14.6 Å². The molecule has 2 rings (SSSR count). The molecule has 0 radical (unpaired) electrons.